The SMILES string of the molecule is NCc1ccc(S(=O)(=O)NCC(F)(F)F)cc1. The van der Waals surface area contributed by atoms with Crippen molar-refractivity contribution < 1.29 is 21.6 Å². The topological polar surface area (TPSA) is 72.2 Å². The van der Waals surface area contributed by atoms with Gasteiger partial charge >= 0.3 is 6.18 Å². The quantitative estimate of drug-likeness (QED) is 0.855. The Morgan fingerprint density at radius 3 is 2.12 bits per heavy atom. The van der Waals surface area contributed by atoms with Crippen molar-refractivity contribution in [2.24, 2.45) is 5.73 Å². The van der Waals surface area contributed by atoms with E-state index in [9.17, 15) is 21.6 Å². The van der Waals surface area contributed by atoms with Crippen molar-refractivity contribution in [3.8, 4) is 0 Å². The van der Waals surface area contributed by atoms with Gasteiger partial charge in [-0.1, -0.05) is 12.1 Å². The van der Waals surface area contributed by atoms with Crippen molar-refractivity contribution in [1.29, 1.82) is 0 Å². The zero-order valence-electron chi connectivity index (χ0n) is 8.66. The van der Waals surface area contributed by atoms with Gasteiger partial charge in [0.15, 0.2) is 0 Å². The average molecular weight is 268 g/mol. The lowest BCUT2D eigenvalue weighted by Gasteiger charge is -2.09. The molecule has 0 saturated heterocycles. The van der Waals surface area contributed by atoms with Crippen molar-refractivity contribution in [1.82, 2.24) is 4.72 Å². The van der Waals surface area contributed by atoms with Crippen molar-refractivity contribution in [2.75, 3.05) is 6.54 Å². The molecule has 0 radical (unpaired) electrons. The van der Waals surface area contributed by atoms with Gasteiger partial charge in [-0.3, -0.25) is 0 Å². The van der Waals surface area contributed by atoms with Crippen molar-refractivity contribution in [3.63, 3.8) is 0 Å². The fourth-order valence-electron chi connectivity index (χ4n) is 1.06. The summed E-state index contributed by atoms with van der Waals surface area (Å²) in [6.45, 7) is -1.36. The summed E-state index contributed by atoms with van der Waals surface area (Å²) < 4.78 is 60.0. The molecule has 0 bridgehead atoms. The first-order valence-corrected chi connectivity index (χ1v) is 6.08. The fourth-order valence-corrected chi connectivity index (χ4v) is 2.08. The van der Waals surface area contributed by atoms with E-state index in [1.807, 2.05) is 0 Å². The van der Waals surface area contributed by atoms with Gasteiger partial charge in [-0.25, -0.2) is 13.1 Å². The van der Waals surface area contributed by atoms with Crippen LogP contribution in [0.15, 0.2) is 29.2 Å². The molecule has 0 spiro atoms. The second-order valence-electron chi connectivity index (χ2n) is 3.29. The minimum atomic E-state index is -4.58. The maximum atomic E-state index is 11.9. The lowest BCUT2D eigenvalue weighted by molar-refractivity contribution is -0.121. The Morgan fingerprint density at radius 2 is 1.71 bits per heavy atom. The second-order valence-corrected chi connectivity index (χ2v) is 5.05. The first-order chi connectivity index (χ1) is 7.74. The van der Waals surface area contributed by atoms with Gasteiger partial charge in [0, 0.05) is 6.54 Å². The van der Waals surface area contributed by atoms with Crippen LogP contribution in [0.5, 0.6) is 0 Å². The molecular formula is C9H11F3N2O2S. The smallest absolute Gasteiger partial charge is 0.326 e. The van der Waals surface area contributed by atoms with Crippen LogP contribution in [0.4, 0.5) is 13.2 Å². The van der Waals surface area contributed by atoms with Gasteiger partial charge in [0.1, 0.15) is 6.54 Å². The van der Waals surface area contributed by atoms with E-state index in [1.165, 1.54) is 29.0 Å². The molecule has 17 heavy (non-hydrogen) atoms. The number of alkyl halides is 3. The molecule has 4 nitrogen and oxygen atoms in total. The molecule has 8 heteroatoms. The molecule has 0 aliphatic rings. The normalized spacial score (nSPS) is 12.7. The Morgan fingerprint density at radius 1 is 1.18 bits per heavy atom. The van der Waals surface area contributed by atoms with Gasteiger partial charge in [0.25, 0.3) is 0 Å². The lowest BCUT2D eigenvalue weighted by Crippen LogP contribution is -2.33. The summed E-state index contributed by atoms with van der Waals surface area (Å²) in [5.41, 5.74) is 6.01. The Balaban J connectivity index is 2.82. The molecule has 0 fully saturated rings. The van der Waals surface area contributed by atoms with Crippen LogP contribution in [0.1, 0.15) is 5.56 Å². The fraction of sp³-hybridized carbons (Fsp3) is 0.333. The van der Waals surface area contributed by atoms with E-state index in [-0.39, 0.29) is 11.4 Å². The van der Waals surface area contributed by atoms with E-state index in [0.717, 1.165) is 0 Å². The summed E-state index contributed by atoms with van der Waals surface area (Å²) in [7, 11) is -4.13. The van der Waals surface area contributed by atoms with Crippen LogP contribution in [0, 0.1) is 0 Å². The van der Waals surface area contributed by atoms with Gasteiger partial charge in [0.05, 0.1) is 4.90 Å². The number of benzene rings is 1. The van der Waals surface area contributed by atoms with Crippen LogP contribution in [0.25, 0.3) is 0 Å². The predicted molar refractivity (Wildman–Crippen MR) is 55.6 cm³/mol. The van der Waals surface area contributed by atoms with Crippen LogP contribution in [0.2, 0.25) is 0 Å². The van der Waals surface area contributed by atoms with Gasteiger partial charge < -0.3 is 5.73 Å². The summed E-state index contributed by atoms with van der Waals surface area (Å²) in [5, 5.41) is 0. The average Bonchev–Trinajstić information content (AvgIpc) is 2.26. The second kappa shape index (κ2) is 5.03. The molecule has 0 aromatic heterocycles. The monoisotopic (exact) mass is 268 g/mol. The highest BCUT2D eigenvalue weighted by atomic mass is 32.2. The third kappa shape index (κ3) is 4.33. The van der Waals surface area contributed by atoms with E-state index >= 15 is 0 Å². The molecule has 1 aromatic rings. The number of nitrogens with two attached hydrogens (primary N) is 1. The number of halogens is 3. The minimum absolute atomic E-state index is 0.223. The Hall–Kier alpha value is -1.12. The molecular weight excluding hydrogens is 257 g/mol. The number of nitrogens with one attached hydrogen (secondary N) is 1. The molecule has 0 atom stereocenters. The van der Waals surface area contributed by atoms with E-state index in [4.69, 9.17) is 5.73 Å². The minimum Gasteiger partial charge on any atom is -0.326 e. The highest BCUT2D eigenvalue weighted by Crippen LogP contribution is 2.15. The molecule has 0 amide bonds. The van der Waals surface area contributed by atoms with Gasteiger partial charge in [-0.05, 0) is 17.7 Å². The first-order valence-electron chi connectivity index (χ1n) is 4.60. The first kappa shape index (κ1) is 13.9. The van der Waals surface area contributed by atoms with Crippen molar-refractivity contribution in [3.05, 3.63) is 29.8 Å². The van der Waals surface area contributed by atoms with Crippen LogP contribution in [0.3, 0.4) is 0 Å². The summed E-state index contributed by atoms with van der Waals surface area (Å²) in [5.74, 6) is 0. The third-order valence-electron chi connectivity index (χ3n) is 1.93. The molecule has 1 rings (SSSR count). The molecule has 3 N–H and O–H groups in total. The van der Waals surface area contributed by atoms with Crippen LogP contribution in [-0.2, 0) is 16.6 Å². The number of hydrogen-bond donors (Lipinski definition) is 2. The van der Waals surface area contributed by atoms with Crippen LogP contribution in [-0.4, -0.2) is 21.1 Å². The zero-order valence-corrected chi connectivity index (χ0v) is 9.48. The summed E-state index contributed by atoms with van der Waals surface area (Å²) in [6.07, 6.45) is -4.58. The van der Waals surface area contributed by atoms with E-state index in [1.54, 1.807) is 0 Å². The summed E-state index contributed by atoms with van der Waals surface area (Å²) >= 11 is 0. The van der Waals surface area contributed by atoms with Crippen LogP contribution >= 0.6 is 0 Å². The van der Waals surface area contributed by atoms with Gasteiger partial charge in [-0.15, -0.1) is 0 Å². The zero-order chi connectivity index (χ0) is 13.1. The summed E-state index contributed by atoms with van der Waals surface area (Å²) in [4.78, 5) is -0.223. The molecule has 0 saturated carbocycles. The molecule has 96 valence electrons. The highest BCUT2D eigenvalue weighted by Gasteiger charge is 2.29. The Bertz CT molecular complexity index is 468. The molecule has 0 heterocycles. The van der Waals surface area contributed by atoms with Crippen LogP contribution < -0.4 is 10.5 Å². The van der Waals surface area contributed by atoms with E-state index in [2.05, 4.69) is 0 Å². The Labute approximate surface area is 96.7 Å². The summed E-state index contributed by atoms with van der Waals surface area (Å²) in [6, 6.07) is 5.31. The third-order valence-corrected chi connectivity index (χ3v) is 3.35. The largest absolute Gasteiger partial charge is 0.402 e. The lowest BCUT2D eigenvalue weighted by atomic mass is 10.2. The van der Waals surface area contributed by atoms with Crippen molar-refractivity contribution >= 4 is 10.0 Å². The van der Waals surface area contributed by atoms with E-state index in [0.29, 0.717) is 5.56 Å². The predicted octanol–water partition coefficient (Wildman–Crippen LogP) is 0.986. The maximum Gasteiger partial charge on any atom is 0.402 e. The standard InChI is InChI=1S/C9H11F3N2O2S/c10-9(11,12)6-14-17(15,16)8-3-1-7(5-13)2-4-8/h1-4,14H,5-6,13H2. The Kier molecular flexibility index (Phi) is 4.12. The number of rotatable bonds is 4. The molecule has 0 aliphatic carbocycles. The maximum absolute atomic E-state index is 11.9. The number of hydrogen-bond acceptors (Lipinski definition) is 3. The van der Waals surface area contributed by atoms with Crippen molar-refractivity contribution in [2.45, 2.75) is 17.6 Å². The molecule has 0 aliphatic heterocycles. The number of sulfonamides is 1. The molecule has 1 aromatic carbocycles. The van der Waals surface area contributed by atoms with E-state index < -0.39 is 22.7 Å². The highest BCUT2D eigenvalue weighted by molar-refractivity contribution is 7.89. The van der Waals surface area contributed by atoms with Gasteiger partial charge in [0.2, 0.25) is 10.0 Å². The van der Waals surface area contributed by atoms with Gasteiger partial charge in [-0.2, -0.15) is 13.2 Å². The molecule has 0 unspecified atom stereocenters.